The third-order valence-electron chi connectivity index (χ3n) is 2.88. The van der Waals surface area contributed by atoms with Gasteiger partial charge in [-0.25, -0.2) is 0 Å². The van der Waals surface area contributed by atoms with Crippen LogP contribution in [0.1, 0.15) is 37.6 Å². The lowest BCUT2D eigenvalue weighted by atomic mass is 10.1. The zero-order valence-corrected chi connectivity index (χ0v) is 12.7. The van der Waals surface area contributed by atoms with E-state index in [0.717, 1.165) is 17.8 Å². The maximum Gasteiger partial charge on any atom is 0.233 e. The molecule has 0 unspecified atom stereocenters. The summed E-state index contributed by atoms with van der Waals surface area (Å²) in [6, 6.07) is 10.3. The van der Waals surface area contributed by atoms with Crippen molar-refractivity contribution in [1.82, 2.24) is 15.5 Å². The predicted molar refractivity (Wildman–Crippen MR) is 80.7 cm³/mol. The maximum atomic E-state index is 5.65. The molecule has 0 atom stereocenters. The van der Waals surface area contributed by atoms with Gasteiger partial charge in [0.15, 0.2) is 0 Å². The van der Waals surface area contributed by atoms with Crippen molar-refractivity contribution in [2.24, 2.45) is 0 Å². The van der Waals surface area contributed by atoms with Crippen molar-refractivity contribution in [2.75, 3.05) is 0 Å². The average molecular weight is 273 g/mol. The lowest BCUT2D eigenvalue weighted by molar-refractivity contribution is 0.293. The molecule has 4 heteroatoms. The van der Waals surface area contributed by atoms with Gasteiger partial charge >= 0.3 is 0 Å². The lowest BCUT2D eigenvalue weighted by Crippen LogP contribution is -2.35. The highest BCUT2D eigenvalue weighted by Crippen LogP contribution is 2.12. The number of nitrogens with zero attached hydrogens (tertiary/aromatic N) is 1. The van der Waals surface area contributed by atoms with Gasteiger partial charge in [-0.15, -0.1) is 5.10 Å². The molecule has 2 N–H and O–H groups in total. The Balaban J connectivity index is 1.92. The molecular weight excluding hydrogens is 250 g/mol. The van der Waals surface area contributed by atoms with Gasteiger partial charge in [0.05, 0.1) is 0 Å². The number of aromatic nitrogens is 2. The summed E-state index contributed by atoms with van der Waals surface area (Å²) in [6.45, 7) is 9.85. The van der Waals surface area contributed by atoms with Gasteiger partial charge in [-0.05, 0) is 38.8 Å². The van der Waals surface area contributed by atoms with Gasteiger partial charge in [0.2, 0.25) is 5.88 Å². The SMILES string of the molecule is Cc1cc(OCc2cccc(CNC(C)(C)C)c2)n[nH]1. The van der Waals surface area contributed by atoms with Crippen LogP contribution >= 0.6 is 0 Å². The first-order chi connectivity index (χ1) is 9.42. The molecule has 0 fully saturated rings. The fraction of sp³-hybridized carbons (Fsp3) is 0.438. The van der Waals surface area contributed by atoms with Crippen molar-refractivity contribution in [1.29, 1.82) is 0 Å². The molecule has 1 heterocycles. The largest absolute Gasteiger partial charge is 0.472 e. The zero-order valence-electron chi connectivity index (χ0n) is 12.7. The molecule has 0 radical (unpaired) electrons. The van der Waals surface area contributed by atoms with E-state index in [1.54, 1.807) is 0 Å². The van der Waals surface area contributed by atoms with Crippen molar-refractivity contribution in [3.05, 3.63) is 47.2 Å². The molecule has 20 heavy (non-hydrogen) atoms. The number of H-pyrrole nitrogens is 1. The minimum atomic E-state index is 0.124. The van der Waals surface area contributed by atoms with Crippen LogP contribution in [0.15, 0.2) is 30.3 Å². The topological polar surface area (TPSA) is 49.9 Å². The van der Waals surface area contributed by atoms with E-state index in [-0.39, 0.29) is 5.54 Å². The number of aryl methyl sites for hydroxylation is 1. The summed E-state index contributed by atoms with van der Waals surface area (Å²) in [5, 5.41) is 10.4. The van der Waals surface area contributed by atoms with E-state index in [0.29, 0.717) is 12.5 Å². The first-order valence-electron chi connectivity index (χ1n) is 6.90. The molecule has 2 aromatic rings. The number of ether oxygens (including phenoxy) is 1. The molecule has 108 valence electrons. The van der Waals surface area contributed by atoms with E-state index >= 15 is 0 Å². The van der Waals surface area contributed by atoms with Crippen LogP contribution in [0.5, 0.6) is 5.88 Å². The number of nitrogens with one attached hydrogen (secondary N) is 2. The first-order valence-corrected chi connectivity index (χ1v) is 6.90. The van der Waals surface area contributed by atoms with Crippen molar-refractivity contribution >= 4 is 0 Å². The Morgan fingerprint density at radius 2 is 1.95 bits per heavy atom. The van der Waals surface area contributed by atoms with Gasteiger partial charge in [-0.2, -0.15) is 0 Å². The number of aromatic amines is 1. The highest BCUT2D eigenvalue weighted by molar-refractivity contribution is 5.24. The number of hydrogen-bond acceptors (Lipinski definition) is 3. The molecule has 1 aromatic carbocycles. The summed E-state index contributed by atoms with van der Waals surface area (Å²) in [7, 11) is 0. The Morgan fingerprint density at radius 1 is 1.20 bits per heavy atom. The van der Waals surface area contributed by atoms with Crippen LogP contribution in [0, 0.1) is 6.92 Å². The standard InChI is InChI=1S/C16H23N3O/c1-12-8-15(19-18-12)20-11-14-7-5-6-13(9-14)10-17-16(2,3)4/h5-9,17H,10-11H2,1-4H3,(H,18,19). The zero-order chi connectivity index (χ0) is 14.6. The van der Waals surface area contributed by atoms with Crippen LogP contribution in [-0.4, -0.2) is 15.7 Å². The van der Waals surface area contributed by atoms with Crippen molar-refractivity contribution in [3.63, 3.8) is 0 Å². The Hall–Kier alpha value is -1.81. The van der Waals surface area contributed by atoms with Crippen LogP contribution in [-0.2, 0) is 13.2 Å². The maximum absolute atomic E-state index is 5.65. The van der Waals surface area contributed by atoms with Crippen LogP contribution in [0.2, 0.25) is 0 Å². The Labute approximate surface area is 120 Å². The second-order valence-corrected chi connectivity index (χ2v) is 6.10. The van der Waals surface area contributed by atoms with E-state index in [9.17, 15) is 0 Å². The summed E-state index contributed by atoms with van der Waals surface area (Å²) in [5.74, 6) is 0.640. The fourth-order valence-electron chi connectivity index (χ4n) is 1.82. The van der Waals surface area contributed by atoms with E-state index < -0.39 is 0 Å². The van der Waals surface area contributed by atoms with Gasteiger partial charge in [0.25, 0.3) is 0 Å². The van der Waals surface area contributed by atoms with Gasteiger partial charge in [0.1, 0.15) is 6.61 Å². The van der Waals surface area contributed by atoms with Gasteiger partial charge < -0.3 is 10.1 Å². The first kappa shape index (κ1) is 14.6. The molecule has 0 bridgehead atoms. The van der Waals surface area contributed by atoms with E-state index in [1.807, 2.05) is 13.0 Å². The van der Waals surface area contributed by atoms with Crippen molar-refractivity contribution in [3.8, 4) is 5.88 Å². The third kappa shape index (κ3) is 4.70. The Bertz CT molecular complexity index is 555. The molecule has 0 saturated carbocycles. The van der Waals surface area contributed by atoms with Crippen molar-refractivity contribution in [2.45, 2.75) is 46.4 Å². The van der Waals surface area contributed by atoms with Gasteiger partial charge in [-0.1, -0.05) is 24.3 Å². The molecule has 0 spiro atoms. The number of hydrogen-bond donors (Lipinski definition) is 2. The molecule has 0 aliphatic heterocycles. The summed E-state index contributed by atoms with van der Waals surface area (Å²) in [6.07, 6.45) is 0. The highest BCUT2D eigenvalue weighted by atomic mass is 16.5. The lowest BCUT2D eigenvalue weighted by Gasteiger charge is -2.20. The van der Waals surface area contributed by atoms with E-state index in [4.69, 9.17) is 4.74 Å². The quantitative estimate of drug-likeness (QED) is 0.879. The van der Waals surface area contributed by atoms with Crippen LogP contribution in [0.4, 0.5) is 0 Å². The summed E-state index contributed by atoms with van der Waals surface area (Å²) >= 11 is 0. The van der Waals surface area contributed by atoms with Gasteiger partial charge in [-0.3, -0.25) is 5.10 Å². The molecule has 2 rings (SSSR count). The summed E-state index contributed by atoms with van der Waals surface area (Å²) < 4.78 is 5.65. The second kappa shape index (κ2) is 6.09. The molecule has 1 aromatic heterocycles. The summed E-state index contributed by atoms with van der Waals surface area (Å²) in [4.78, 5) is 0. The van der Waals surface area contributed by atoms with Crippen molar-refractivity contribution < 1.29 is 4.74 Å². The second-order valence-electron chi connectivity index (χ2n) is 6.10. The van der Waals surface area contributed by atoms with Crippen LogP contribution in [0.25, 0.3) is 0 Å². The van der Waals surface area contributed by atoms with E-state index in [1.165, 1.54) is 5.56 Å². The summed E-state index contributed by atoms with van der Waals surface area (Å²) in [5.41, 5.74) is 3.54. The fourth-order valence-corrected chi connectivity index (χ4v) is 1.82. The molecule has 0 saturated heterocycles. The smallest absolute Gasteiger partial charge is 0.233 e. The number of benzene rings is 1. The Kier molecular flexibility index (Phi) is 4.45. The van der Waals surface area contributed by atoms with Gasteiger partial charge in [0, 0.05) is 23.8 Å². The van der Waals surface area contributed by atoms with Crippen LogP contribution < -0.4 is 10.1 Å². The normalized spacial score (nSPS) is 11.6. The number of rotatable bonds is 5. The van der Waals surface area contributed by atoms with E-state index in [2.05, 4.69) is 60.6 Å². The highest BCUT2D eigenvalue weighted by Gasteiger charge is 2.08. The third-order valence-corrected chi connectivity index (χ3v) is 2.88. The minimum absolute atomic E-state index is 0.124. The molecule has 0 amide bonds. The molecule has 0 aliphatic carbocycles. The molecule has 0 aliphatic rings. The molecular formula is C16H23N3O. The minimum Gasteiger partial charge on any atom is -0.472 e. The van der Waals surface area contributed by atoms with Crippen LogP contribution in [0.3, 0.4) is 0 Å². The Morgan fingerprint density at radius 3 is 2.60 bits per heavy atom. The molecule has 4 nitrogen and oxygen atoms in total. The average Bonchev–Trinajstić information content (AvgIpc) is 2.80. The predicted octanol–water partition coefficient (Wildman–Crippen LogP) is 3.19. The monoisotopic (exact) mass is 273 g/mol.